The standard InChI is InChI=1S/C21H21F3N4O2/c1-27-12-14(16-6-2-3-7-17(16)27)11-19(29)28-10-4-5-15(13-28)30-20-25-9-8-18(26-20)21(22,23)24/h2-3,6-9,12,15H,4-5,10-11,13H2,1H3. The third-order valence-electron chi connectivity index (χ3n) is 5.25. The molecule has 0 spiro atoms. The lowest BCUT2D eigenvalue weighted by Gasteiger charge is -2.32. The summed E-state index contributed by atoms with van der Waals surface area (Å²) in [5, 5.41) is 1.04. The maximum Gasteiger partial charge on any atom is 0.433 e. The molecule has 0 radical (unpaired) electrons. The van der Waals surface area contributed by atoms with Crippen LogP contribution in [0.25, 0.3) is 10.9 Å². The average molecular weight is 418 g/mol. The summed E-state index contributed by atoms with van der Waals surface area (Å²) in [5.74, 6) is -0.0374. The van der Waals surface area contributed by atoms with E-state index in [1.807, 2.05) is 42.1 Å². The molecule has 3 heterocycles. The van der Waals surface area contributed by atoms with Crippen molar-refractivity contribution in [2.75, 3.05) is 13.1 Å². The van der Waals surface area contributed by atoms with Crippen LogP contribution in [0.4, 0.5) is 13.2 Å². The van der Waals surface area contributed by atoms with Crippen LogP contribution in [0.5, 0.6) is 6.01 Å². The number of likely N-dealkylation sites (tertiary alicyclic amines) is 1. The number of benzene rings is 1. The fraction of sp³-hybridized carbons (Fsp3) is 0.381. The molecule has 1 unspecified atom stereocenters. The highest BCUT2D eigenvalue weighted by molar-refractivity contribution is 5.89. The normalized spacial score (nSPS) is 17.3. The number of hydrogen-bond acceptors (Lipinski definition) is 4. The predicted molar refractivity (Wildman–Crippen MR) is 104 cm³/mol. The lowest BCUT2D eigenvalue weighted by atomic mass is 10.1. The van der Waals surface area contributed by atoms with Crippen molar-refractivity contribution < 1.29 is 22.7 Å². The van der Waals surface area contributed by atoms with E-state index in [1.54, 1.807) is 4.90 Å². The third kappa shape index (κ3) is 4.24. The Kier molecular flexibility index (Phi) is 5.36. The number of ether oxygens (including phenoxy) is 1. The van der Waals surface area contributed by atoms with Crippen molar-refractivity contribution >= 4 is 16.8 Å². The molecule has 3 aromatic rings. The number of carbonyl (C=O) groups excluding carboxylic acids is 1. The van der Waals surface area contributed by atoms with Gasteiger partial charge in [0.2, 0.25) is 5.91 Å². The molecule has 1 aromatic carbocycles. The molecule has 1 aliphatic heterocycles. The number of piperidine rings is 1. The first-order chi connectivity index (χ1) is 14.3. The van der Waals surface area contributed by atoms with Gasteiger partial charge < -0.3 is 14.2 Å². The van der Waals surface area contributed by atoms with E-state index in [0.717, 1.165) is 28.7 Å². The van der Waals surface area contributed by atoms with Crippen molar-refractivity contribution in [3.8, 4) is 6.01 Å². The summed E-state index contributed by atoms with van der Waals surface area (Å²) in [4.78, 5) is 21.8. The molecular formula is C21H21F3N4O2. The van der Waals surface area contributed by atoms with Gasteiger partial charge >= 0.3 is 12.2 Å². The first kappa shape index (κ1) is 20.2. The molecule has 4 rings (SSSR count). The molecule has 0 saturated carbocycles. The summed E-state index contributed by atoms with van der Waals surface area (Å²) in [7, 11) is 1.94. The summed E-state index contributed by atoms with van der Waals surface area (Å²) in [6.07, 6.45) is -0.446. The van der Waals surface area contributed by atoms with Crippen LogP contribution in [0.15, 0.2) is 42.7 Å². The van der Waals surface area contributed by atoms with E-state index in [2.05, 4.69) is 9.97 Å². The second-order valence-electron chi connectivity index (χ2n) is 7.40. The smallest absolute Gasteiger partial charge is 0.433 e. The fourth-order valence-electron chi connectivity index (χ4n) is 3.81. The fourth-order valence-corrected chi connectivity index (χ4v) is 3.81. The van der Waals surface area contributed by atoms with Gasteiger partial charge in [-0.3, -0.25) is 4.79 Å². The number of hydrogen-bond donors (Lipinski definition) is 0. The number of alkyl halides is 3. The summed E-state index contributed by atoms with van der Waals surface area (Å²) < 4.78 is 46.1. The average Bonchev–Trinajstić information content (AvgIpc) is 3.03. The van der Waals surface area contributed by atoms with Gasteiger partial charge in [-0.05, 0) is 30.5 Å². The molecule has 2 aromatic heterocycles. The van der Waals surface area contributed by atoms with E-state index in [0.29, 0.717) is 25.9 Å². The van der Waals surface area contributed by atoms with Gasteiger partial charge in [-0.25, -0.2) is 4.98 Å². The Morgan fingerprint density at radius 2 is 2.07 bits per heavy atom. The highest BCUT2D eigenvalue weighted by Gasteiger charge is 2.33. The maximum atomic E-state index is 12.9. The van der Waals surface area contributed by atoms with Crippen LogP contribution in [0.3, 0.4) is 0 Å². The third-order valence-corrected chi connectivity index (χ3v) is 5.25. The number of amides is 1. The monoisotopic (exact) mass is 418 g/mol. The van der Waals surface area contributed by atoms with Crippen LogP contribution in [0.1, 0.15) is 24.1 Å². The second kappa shape index (κ2) is 7.97. The van der Waals surface area contributed by atoms with Crippen molar-refractivity contribution in [3.05, 3.63) is 54.0 Å². The van der Waals surface area contributed by atoms with Crippen LogP contribution >= 0.6 is 0 Å². The minimum Gasteiger partial charge on any atom is -0.458 e. The number of fused-ring (bicyclic) bond motifs is 1. The van der Waals surface area contributed by atoms with Crippen molar-refractivity contribution in [2.45, 2.75) is 31.5 Å². The summed E-state index contributed by atoms with van der Waals surface area (Å²) in [6.45, 7) is 0.885. The van der Waals surface area contributed by atoms with E-state index in [1.165, 1.54) is 0 Å². The van der Waals surface area contributed by atoms with Crippen LogP contribution in [-0.4, -0.2) is 44.5 Å². The molecule has 30 heavy (non-hydrogen) atoms. The van der Waals surface area contributed by atoms with Crippen LogP contribution in [0.2, 0.25) is 0 Å². The van der Waals surface area contributed by atoms with Gasteiger partial charge in [0.15, 0.2) is 5.69 Å². The molecule has 1 atom stereocenters. The molecular weight excluding hydrogens is 397 g/mol. The van der Waals surface area contributed by atoms with E-state index in [-0.39, 0.29) is 18.3 Å². The number of aromatic nitrogens is 3. The van der Waals surface area contributed by atoms with E-state index >= 15 is 0 Å². The quantitative estimate of drug-likeness (QED) is 0.650. The van der Waals surface area contributed by atoms with Crippen LogP contribution < -0.4 is 4.74 Å². The van der Waals surface area contributed by atoms with Gasteiger partial charge in [0.05, 0.1) is 13.0 Å². The number of carbonyl (C=O) groups is 1. The lowest BCUT2D eigenvalue weighted by molar-refractivity contribution is -0.141. The molecule has 1 aliphatic rings. The lowest BCUT2D eigenvalue weighted by Crippen LogP contribution is -2.45. The Bertz CT molecular complexity index is 1060. The molecule has 1 saturated heterocycles. The molecule has 0 N–H and O–H groups in total. The van der Waals surface area contributed by atoms with E-state index in [4.69, 9.17) is 4.74 Å². The highest BCUT2D eigenvalue weighted by atomic mass is 19.4. The molecule has 0 aliphatic carbocycles. The molecule has 158 valence electrons. The van der Waals surface area contributed by atoms with Crippen molar-refractivity contribution in [3.63, 3.8) is 0 Å². The number of nitrogens with zero attached hydrogens (tertiary/aromatic N) is 4. The molecule has 0 bridgehead atoms. The minimum atomic E-state index is -4.56. The Labute approximate surface area is 171 Å². The zero-order chi connectivity index (χ0) is 21.3. The Morgan fingerprint density at radius 1 is 1.27 bits per heavy atom. The number of rotatable bonds is 4. The topological polar surface area (TPSA) is 60.2 Å². The molecule has 1 amide bonds. The van der Waals surface area contributed by atoms with Gasteiger partial charge in [-0.2, -0.15) is 18.2 Å². The number of para-hydroxylation sites is 1. The van der Waals surface area contributed by atoms with E-state index in [9.17, 15) is 18.0 Å². The largest absolute Gasteiger partial charge is 0.458 e. The zero-order valence-corrected chi connectivity index (χ0v) is 16.4. The predicted octanol–water partition coefficient (Wildman–Crippen LogP) is 3.60. The maximum absolute atomic E-state index is 12.9. The molecule has 9 heteroatoms. The summed E-state index contributed by atoms with van der Waals surface area (Å²) in [5.41, 5.74) is 0.955. The highest BCUT2D eigenvalue weighted by Crippen LogP contribution is 2.28. The Hall–Kier alpha value is -3.10. The van der Waals surface area contributed by atoms with Crippen LogP contribution in [0, 0.1) is 0 Å². The van der Waals surface area contributed by atoms with E-state index < -0.39 is 18.0 Å². The Morgan fingerprint density at radius 3 is 2.87 bits per heavy atom. The van der Waals surface area contributed by atoms with Gasteiger partial charge in [0, 0.05) is 36.9 Å². The Balaban J connectivity index is 1.43. The SMILES string of the molecule is Cn1cc(CC(=O)N2CCCC(Oc3nccc(C(F)(F)F)n3)C2)c2ccccc21. The number of aryl methyl sites for hydroxylation is 1. The van der Waals surface area contributed by atoms with Gasteiger partial charge in [-0.1, -0.05) is 18.2 Å². The minimum absolute atomic E-state index is 0.0374. The van der Waals surface area contributed by atoms with Crippen molar-refractivity contribution in [1.82, 2.24) is 19.4 Å². The summed E-state index contributed by atoms with van der Waals surface area (Å²) in [6, 6.07) is 8.37. The summed E-state index contributed by atoms with van der Waals surface area (Å²) >= 11 is 0. The van der Waals surface area contributed by atoms with Crippen LogP contribution in [-0.2, 0) is 24.4 Å². The van der Waals surface area contributed by atoms with Crippen molar-refractivity contribution in [2.24, 2.45) is 7.05 Å². The van der Waals surface area contributed by atoms with Gasteiger partial charge in [0.1, 0.15) is 6.10 Å². The van der Waals surface area contributed by atoms with Gasteiger partial charge in [-0.15, -0.1) is 0 Å². The first-order valence-electron chi connectivity index (χ1n) is 9.69. The molecule has 1 fully saturated rings. The number of halogens is 3. The van der Waals surface area contributed by atoms with Crippen molar-refractivity contribution in [1.29, 1.82) is 0 Å². The first-order valence-corrected chi connectivity index (χ1v) is 9.69. The van der Waals surface area contributed by atoms with Gasteiger partial charge in [0.25, 0.3) is 0 Å². The second-order valence-corrected chi connectivity index (χ2v) is 7.40. The molecule has 6 nitrogen and oxygen atoms in total. The zero-order valence-electron chi connectivity index (χ0n) is 16.4.